The van der Waals surface area contributed by atoms with Crippen LogP contribution in [0.1, 0.15) is 0 Å². The van der Waals surface area contributed by atoms with Crippen LogP contribution < -0.4 is 10.9 Å². The van der Waals surface area contributed by atoms with Gasteiger partial charge in [0, 0.05) is 17.8 Å². The van der Waals surface area contributed by atoms with Gasteiger partial charge in [0.25, 0.3) is 5.56 Å². The van der Waals surface area contributed by atoms with Crippen molar-refractivity contribution in [3.8, 4) is 11.3 Å². The van der Waals surface area contributed by atoms with E-state index in [1.807, 2.05) is 0 Å². The second-order valence-electron chi connectivity index (χ2n) is 4.98. The fourth-order valence-corrected chi connectivity index (χ4v) is 2.15. The van der Waals surface area contributed by atoms with Crippen LogP contribution in [-0.2, 0) is 11.3 Å². The SMILES string of the molecule is O=C(Cn1nc(-c2ccccc2F)ccc1=O)Nc1cccnc1. The third-order valence-electron chi connectivity index (χ3n) is 3.26. The molecule has 0 aliphatic carbocycles. The van der Waals surface area contributed by atoms with Gasteiger partial charge in [-0.25, -0.2) is 9.07 Å². The highest BCUT2D eigenvalue weighted by Crippen LogP contribution is 2.18. The van der Waals surface area contributed by atoms with Gasteiger partial charge in [-0.2, -0.15) is 5.10 Å². The van der Waals surface area contributed by atoms with Crippen molar-refractivity contribution in [3.63, 3.8) is 0 Å². The number of aromatic nitrogens is 3. The van der Waals surface area contributed by atoms with Gasteiger partial charge in [0.05, 0.1) is 17.6 Å². The molecular formula is C17H13FN4O2. The Morgan fingerprint density at radius 2 is 1.96 bits per heavy atom. The van der Waals surface area contributed by atoms with Crippen molar-refractivity contribution in [1.82, 2.24) is 14.8 Å². The van der Waals surface area contributed by atoms with Crippen LogP contribution in [-0.4, -0.2) is 20.7 Å². The molecule has 0 saturated carbocycles. The molecule has 0 unspecified atom stereocenters. The summed E-state index contributed by atoms with van der Waals surface area (Å²) in [6, 6.07) is 12.1. The lowest BCUT2D eigenvalue weighted by molar-refractivity contribution is -0.117. The number of nitrogens with one attached hydrogen (secondary N) is 1. The summed E-state index contributed by atoms with van der Waals surface area (Å²) in [7, 11) is 0. The van der Waals surface area contributed by atoms with E-state index in [-0.39, 0.29) is 17.8 Å². The van der Waals surface area contributed by atoms with Crippen molar-refractivity contribution in [2.75, 3.05) is 5.32 Å². The number of carbonyl (C=O) groups excluding carboxylic acids is 1. The van der Waals surface area contributed by atoms with Crippen LogP contribution in [0.4, 0.5) is 10.1 Å². The molecule has 1 N–H and O–H groups in total. The number of hydrogen-bond acceptors (Lipinski definition) is 4. The molecule has 2 heterocycles. The highest BCUT2D eigenvalue weighted by Gasteiger charge is 2.10. The second-order valence-corrected chi connectivity index (χ2v) is 4.98. The van der Waals surface area contributed by atoms with Gasteiger partial charge < -0.3 is 5.32 Å². The highest BCUT2D eigenvalue weighted by atomic mass is 19.1. The third kappa shape index (κ3) is 3.52. The fourth-order valence-electron chi connectivity index (χ4n) is 2.15. The summed E-state index contributed by atoms with van der Waals surface area (Å²) in [6.07, 6.45) is 3.07. The van der Waals surface area contributed by atoms with E-state index in [4.69, 9.17) is 0 Å². The van der Waals surface area contributed by atoms with Crippen LogP contribution in [0.5, 0.6) is 0 Å². The molecule has 24 heavy (non-hydrogen) atoms. The molecule has 2 aromatic heterocycles. The number of nitrogens with zero attached hydrogens (tertiary/aromatic N) is 3. The maximum absolute atomic E-state index is 13.8. The Morgan fingerprint density at radius 3 is 2.71 bits per heavy atom. The monoisotopic (exact) mass is 324 g/mol. The number of carbonyl (C=O) groups is 1. The molecule has 0 bridgehead atoms. The van der Waals surface area contributed by atoms with Gasteiger partial charge in [-0.3, -0.25) is 14.6 Å². The Labute approximate surface area is 136 Å². The Balaban J connectivity index is 1.83. The van der Waals surface area contributed by atoms with Crippen LogP contribution in [0, 0.1) is 5.82 Å². The minimum Gasteiger partial charge on any atom is -0.323 e. The lowest BCUT2D eigenvalue weighted by Gasteiger charge is -2.08. The van der Waals surface area contributed by atoms with Gasteiger partial charge in [0.1, 0.15) is 12.4 Å². The number of benzene rings is 1. The van der Waals surface area contributed by atoms with Gasteiger partial charge in [0.15, 0.2) is 0 Å². The van der Waals surface area contributed by atoms with E-state index in [9.17, 15) is 14.0 Å². The standard InChI is InChI=1S/C17H13FN4O2/c18-14-6-2-1-5-13(14)15-7-8-17(24)22(21-15)11-16(23)20-12-4-3-9-19-10-12/h1-10H,11H2,(H,20,23). The predicted molar refractivity (Wildman–Crippen MR) is 86.8 cm³/mol. The molecule has 0 aliphatic rings. The second kappa shape index (κ2) is 6.82. The van der Waals surface area contributed by atoms with E-state index in [1.165, 1.54) is 24.4 Å². The lowest BCUT2D eigenvalue weighted by atomic mass is 10.1. The zero-order valence-electron chi connectivity index (χ0n) is 12.5. The fraction of sp³-hybridized carbons (Fsp3) is 0.0588. The summed E-state index contributed by atoms with van der Waals surface area (Å²) >= 11 is 0. The molecule has 6 nitrogen and oxygen atoms in total. The first-order valence-electron chi connectivity index (χ1n) is 7.16. The van der Waals surface area contributed by atoms with Crippen molar-refractivity contribution in [1.29, 1.82) is 0 Å². The summed E-state index contributed by atoms with van der Waals surface area (Å²) < 4.78 is 14.8. The number of pyridine rings is 1. The van der Waals surface area contributed by atoms with Gasteiger partial charge >= 0.3 is 0 Å². The van der Waals surface area contributed by atoms with Crippen molar-refractivity contribution >= 4 is 11.6 Å². The average Bonchev–Trinajstić information content (AvgIpc) is 2.58. The molecule has 7 heteroatoms. The molecule has 120 valence electrons. The molecule has 0 atom stereocenters. The van der Waals surface area contributed by atoms with E-state index in [0.717, 1.165) is 4.68 Å². The first-order chi connectivity index (χ1) is 11.6. The average molecular weight is 324 g/mol. The molecule has 0 radical (unpaired) electrons. The molecule has 1 amide bonds. The molecule has 3 aromatic rings. The Morgan fingerprint density at radius 1 is 1.12 bits per heavy atom. The first-order valence-corrected chi connectivity index (χ1v) is 7.16. The van der Waals surface area contributed by atoms with Gasteiger partial charge in [-0.1, -0.05) is 12.1 Å². The zero-order valence-corrected chi connectivity index (χ0v) is 12.5. The zero-order chi connectivity index (χ0) is 16.9. The van der Waals surface area contributed by atoms with Crippen LogP contribution in [0.2, 0.25) is 0 Å². The minimum absolute atomic E-state index is 0.263. The Bertz CT molecular complexity index is 925. The van der Waals surface area contributed by atoms with Crippen LogP contribution in [0.15, 0.2) is 65.7 Å². The van der Waals surface area contributed by atoms with E-state index in [2.05, 4.69) is 15.4 Å². The summed E-state index contributed by atoms with van der Waals surface area (Å²) in [6.45, 7) is -0.282. The van der Waals surface area contributed by atoms with E-state index in [0.29, 0.717) is 5.69 Å². The highest BCUT2D eigenvalue weighted by molar-refractivity contribution is 5.90. The first kappa shape index (κ1) is 15.5. The normalized spacial score (nSPS) is 10.4. The van der Waals surface area contributed by atoms with Crippen LogP contribution in [0.3, 0.4) is 0 Å². The Hall–Kier alpha value is -3.35. The van der Waals surface area contributed by atoms with E-state index < -0.39 is 17.3 Å². The molecule has 3 rings (SSSR count). The van der Waals surface area contributed by atoms with Gasteiger partial charge in [-0.15, -0.1) is 0 Å². The summed E-state index contributed by atoms with van der Waals surface area (Å²) in [5.74, 6) is -0.877. The predicted octanol–water partition coefficient (Wildman–Crippen LogP) is 2.08. The summed E-state index contributed by atoms with van der Waals surface area (Å²) in [5.41, 5.74) is 0.609. The number of rotatable bonds is 4. The minimum atomic E-state index is -0.449. The number of halogens is 1. The quantitative estimate of drug-likeness (QED) is 0.797. The molecule has 0 fully saturated rings. The Kier molecular flexibility index (Phi) is 4.42. The lowest BCUT2D eigenvalue weighted by Crippen LogP contribution is -2.29. The smallest absolute Gasteiger partial charge is 0.267 e. The maximum Gasteiger partial charge on any atom is 0.267 e. The molecular weight excluding hydrogens is 311 g/mol. The van der Waals surface area contributed by atoms with Crippen molar-refractivity contribution in [2.45, 2.75) is 6.54 Å². The van der Waals surface area contributed by atoms with Crippen molar-refractivity contribution in [2.24, 2.45) is 0 Å². The van der Waals surface area contributed by atoms with Crippen LogP contribution >= 0.6 is 0 Å². The maximum atomic E-state index is 13.8. The number of amides is 1. The third-order valence-corrected chi connectivity index (χ3v) is 3.26. The molecule has 1 aromatic carbocycles. The van der Waals surface area contributed by atoms with Gasteiger partial charge in [-0.05, 0) is 30.3 Å². The molecule has 0 saturated heterocycles. The van der Waals surface area contributed by atoms with E-state index >= 15 is 0 Å². The number of anilines is 1. The summed E-state index contributed by atoms with van der Waals surface area (Å²) in [4.78, 5) is 27.8. The van der Waals surface area contributed by atoms with Crippen molar-refractivity contribution in [3.05, 3.63) is 77.1 Å². The van der Waals surface area contributed by atoms with Crippen LogP contribution in [0.25, 0.3) is 11.3 Å². The number of hydrogen-bond donors (Lipinski definition) is 1. The largest absolute Gasteiger partial charge is 0.323 e. The summed E-state index contributed by atoms with van der Waals surface area (Å²) in [5, 5.41) is 6.69. The molecule has 0 spiro atoms. The molecule has 0 aliphatic heterocycles. The van der Waals surface area contributed by atoms with E-state index in [1.54, 1.807) is 36.5 Å². The van der Waals surface area contributed by atoms with Gasteiger partial charge in [0.2, 0.25) is 5.91 Å². The topological polar surface area (TPSA) is 76.9 Å². The van der Waals surface area contributed by atoms with Crippen molar-refractivity contribution < 1.29 is 9.18 Å².